The van der Waals surface area contributed by atoms with Crippen LogP contribution < -0.4 is 10.1 Å². The van der Waals surface area contributed by atoms with E-state index in [1.54, 1.807) is 31.6 Å². The lowest BCUT2D eigenvalue weighted by Crippen LogP contribution is -1.95. The fourth-order valence-corrected chi connectivity index (χ4v) is 2.59. The summed E-state index contributed by atoms with van der Waals surface area (Å²) in [5, 5.41) is 11.0. The number of rotatable bonds is 4. The first-order valence-electron chi connectivity index (χ1n) is 7.19. The van der Waals surface area contributed by atoms with Gasteiger partial charge in [0.15, 0.2) is 17.3 Å². The quantitative estimate of drug-likeness (QED) is 0.526. The second-order valence-electron chi connectivity index (χ2n) is 5.10. The van der Waals surface area contributed by atoms with Crippen LogP contribution in [0.25, 0.3) is 22.4 Å². The molecule has 0 saturated carbocycles. The van der Waals surface area contributed by atoms with Crippen LogP contribution in [0, 0.1) is 0 Å². The standard InChI is InChI=1S/C16H13ClN6O/c1-24-13-6-9(17)2-3-10(13)12-7-14(23-22-12)20-15-8-19-11-4-5-18-16(11)21-15/h2-8H,1H3,(H3,18,20,21,22,23). The average molecular weight is 341 g/mol. The van der Waals surface area contributed by atoms with Crippen molar-refractivity contribution in [1.82, 2.24) is 25.1 Å². The highest BCUT2D eigenvalue weighted by atomic mass is 35.5. The van der Waals surface area contributed by atoms with Gasteiger partial charge in [-0.2, -0.15) is 5.10 Å². The van der Waals surface area contributed by atoms with Gasteiger partial charge in [0.25, 0.3) is 0 Å². The summed E-state index contributed by atoms with van der Waals surface area (Å²) in [6, 6.07) is 9.18. The van der Waals surface area contributed by atoms with Crippen LogP contribution in [0.5, 0.6) is 5.75 Å². The van der Waals surface area contributed by atoms with Crippen LogP contribution >= 0.6 is 11.6 Å². The summed E-state index contributed by atoms with van der Waals surface area (Å²) in [4.78, 5) is 11.8. The first kappa shape index (κ1) is 14.5. The Labute approximate surface area is 142 Å². The number of methoxy groups -OCH3 is 1. The molecule has 0 saturated heterocycles. The molecule has 0 aliphatic carbocycles. The first-order chi connectivity index (χ1) is 11.7. The number of halogens is 1. The van der Waals surface area contributed by atoms with Gasteiger partial charge >= 0.3 is 0 Å². The van der Waals surface area contributed by atoms with Gasteiger partial charge in [0.1, 0.15) is 11.3 Å². The predicted octanol–water partition coefficient (Wildman–Crippen LogP) is 3.75. The second-order valence-corrected chi connectivity index (χ2v) is 5.54. The van der Waals surface area contributed by atoms with E-state index in [0.717, 1.165) is 22.4 Å². The minimum atomic E-state index is 0.603. The van der Waals surface area contributed by atoms with E-state index in [4.69, 9.17) is 16.3 Å². The SMILES string of the molecule is COc1cc(Cl)ccc1-c1cc(Nc2cnc3cc[nH]c3n2)n[nH]1. The van der Waals surface area contributed by atoms with Gasteiger partial charge in [0.05, 0.1) is 19.0 Å². The van der Waals surface area contributed by atoms with E-state index >= 15 is 0 Å². The molecule has 4 aromatic rings. The largest absolute Gasteiger partial charge is 0.496 e. The lowest BCUT2D eigenvalue weighted by molar-refractivity contribution is 0.416. The molecule has 3 aromatic heterocycles. The van der Waals surface area contributed by atoms with E-state index in [9.17, 15) is 0 Å². The molecule has 0 bridgehead atoms. The van der Waals surface area contributed by atoms with Gasteiger partial charge in [-0.3, -0.25) is 5.10 Å². The Morgan fingerprint density at radius 2 is 2.08 bits per heavy atom. The van der Waals surface area contributed by atoms with Crippen LogP contribution in [0.4, 0.5) is 11.6 Å². The van der Waals surface area contributed by atoms with Crippen molar-refractivity contribution < 1.29 is 4.74 Å². The third-order valence-corrected chi connectivity index (χ3v) is 3.78. The Morgan fingerprint density at radius 1 is 1.17 bits per heavy atom. The van der Waals surface area contributed by atoms with Gasteiger partial charge < -0.3 is 15.0 Å². The number of benzene rings is 1. The fourth-order valence-electron chi connectivity index (χ4n) is 2.43. The molecule has 0 fully saturated rings. The number of hydrogen-bond acceptors (Lipinski definition) is 5. The Bertz CT molecular complexity index is 1010. The Hall–Kier alpha value is -3.06. The molecule has 4 rings (SSSR count). The summed E-state index contributed by atoms with van der Waals surface area (Å²) < 4.78 is 5.37. The molecular formula is C16H13ClN6O. The molecule has 24 heavy (non-hydrogen) atoms. The minimum absolute atomic E-state index is 0.603. The van der Waals surface area contributed by atoms with Crippen molar-refractivity contribution in [3.8, 4) is 17.0 Å². The molecule has 0 amide bonds. The zero-order chi connectivity index (χ0) is 16.5. The van der Waals surface area contributed by atoms with Gasteiger partial charge in [-0.1, -0.05) is 11.6 Å². The third-order valence-electron chi connectivity index (χ3n) is 3.55. The molecule has 3 heterocycles. The second kappa shape index (κ2) is 5.86. The summed E-state index contributed by atoms with van der Waals surface area (Å²) in [6.45, 7) is 0. The topological polar surface area (TPSA) is 91.5 Å². The summed E-state index contributed by atoms with van der Waals surface area (Å²) >= 11 is 6.00. The highest BCUT2D eigenvalue weighted by molar-refractivity contribution is 6.30. The number of aromatic nitrogens is 5. The molecule has 120 valence electrons. The van der Waals surface area contributed by atoms with Crippen LogP contribution in [0.3, 0.4) is 0 Å². The fraction of sp³-hybridized carbons (Fsp3) is 0.0625. The summed E-state index contributed by atoms with van der Waals surface area (Å²) in [6.07, 6.45) is 3.46. The maximum absolute atomic E-state index is 6.00. The van der Waals surface area contributed by atoms with Crippen LogP contribution in [0.15, 0.2) is 42.7 Å². The van der Waals surface area contributed by atoms with Crippen molar-refractivity contribution in [2.45, 2.75) is 0 Å². The van der Waals surface area contributed by atoms with Crippen LogP contribution in [-0.4, -0.2) is 32.3 Å². The number of anilines is 2. The molecule has 1 aromatic carbocycles. The van der Waals surface area contributed by atoms with Crippen LogP contribution in [-0.2, 0) is 0 Å². The average Bonchev–Trinajstić information content (AvgIpc) is 3.23. The third kappa shape index (κ3) is 2.65. The number of H-pyrrole nitrogens is 2. The number of ether oxygens (including phenoxy) is 1. The van der Waals surface area contributed by atoms with Gasteiger partial charge in [-0.05, 0) is 24.3 Å². The van der Waals surface area contributed by atoms with Crippen molar-refractivity contribution in [2.24, 2.45) is 0 Å². The van der Waals surface area contributed by atoms with Gasteiger partial charge in [-0.25, -0.2) is 9.97 Å². The number of nitrogens with one attached hydrogen (secondary N) is 3. The monoisotopic (exact) mass is 340 g/mol. The maximum atomic E-state index is 6.00. The van der Waals surface area contributed by atoms with E-state index in [1.165, 1.54) is 0 Å². The smallest absolute Gasteiger partial charge is 0.158 e. The van der Waals surface area contributed by atoms with Crippen molar-refractivity contribution in [1.29, 1.82) is 0 Å². The lowest BCUT2D eigenvalue weighted by atomic mass is 10.1. The molecule has 3 N–H and O–H groups in total. The van der Waals surface area contributed by atoms with Crippen molar-refractivity contribution >= 4 is 34.4 Å². The predicted molar refractivity (Wildman–Crippen MR) is 92.8 cm³/mol. The van der Waals surface area contributed by atoms with Crippen molar-refractivity contribution in [3.63, 3.8) is 0 Å². The summed E-state index contributed by atoms with van der Waals surface area (Å²) in [7, 11) is 1.60. The highest BCUT2D eigenvalue weighted by Crippen LogP contribution is 2.32. The summed E-state index contributed by atoms with van der Waals surface area (Å²) in [5.41, 5.74) is 3.21. The summed E-state index contributed by atoms with van der Waals surface area (Å²) in [5.74, 6) is 1.90. The minimum Gasteiger partial charge on any atom is -0.496 e. The molecule has 7 nitrogen and oxygen atoms in total. The van der Waals surface area contributed by atoms with Crippen LogP contribution in [0.2, 0.25) is 5.02 Å². The first-order valence-corrected chi connectivity index (χ1v) is 7.57. The maximum Gasteiger partial charge on any atom is 0.158 e. The highest BCUT2D eigenvalue weighted by Gasteiger charge is 2.11. The van der Waals surface area contributed by atoms with Crippen molar-refractivity contribution in [2.75, 3.05) is 12.4 Å². The molecule has 0 radical (unpaired) electrons. The Balaban J connectivity index is 1.62. The molecule has 0 aliphatic heterocycles. The molecular weight excluding hydrogens is 328 g/mol. The number of nitrogens with zero attached hydrogens (tertiary/aromatic N) is 3. The molecule has 0 atom stereocenters. The lowest BCUT2D eigenvalue weighted by Gasteiger charge is -2.06. The van der Waals surface area contributed by atoms with Crippen LogP contribution in [0.1, 0.15) is 0 Å². The van der Waals surface area contributed by atoms with Gasteiger partial charge in [-0.15, -0.1) is 0 Å². The van der Waals surface area contributed by atoms with Gasteiger partial charge in [0, 0.05) is 22.8 Å². The molecule has 0 aliphatic rings. The van der Waals surface area contributed by atoms with E-state index < -0.39 is 0 Å². The Kier molecular flexibility index (Phi) is 3.55. The normalized spacial score (nSPS) is 10.9. The zero-order valence-electron chi connectivity index (χ0n) is 12.7. The molecule has 0 spiro atoms. The zero-order valence-corrected chi connectivity index (χ0v) is 13.4. The molecule has 8 heteroatoms. The van der Waals surface area contributed by atoms with E-state index in [-0.39, 0.29) is 0 Å². The van der Waals surface area contributed by atoms with E-state index in [1.807, 2.05) is 18.2 Å². The van der Waals surface area contributed by atoms with Crippen molar-refractivity contribution in [3.05, 3.63) is 47.7 Å². The Morgan fingerprint density at radius 3 is 2.96 bits per heavy atom. The van der Waals surface area contributed by atoms with Gasteiger partial charge in [0.2, 0.25) is 0 Å². The number of hydrogen-bond donors (Lipinski definition) is 3. The molecule has 0 unspecified atom stereocenters. The number of aromatic amines is 2. The number of fused-ring (bicyclic) bond motifs is 1. The van der Waals surface area contributed by atoms with E-state index in [0.29, 0.717) is 22.4 Å². The van der Waals surface area contributed by atoms with E-state index in [2.05, 4.69) is 30.5 Å².